The summed E-state index contributed by atoms with van der Waals surface area (Å²) < 4.78 is 2.80. The average molecular weight is 349 g/mol. The molecule has 4 rings (SSSR count). The second kappa shape index (κ2) is 6.45. The van der Waals surface area contributed by atoms with Crippen LogP contribution in [-0.2, 0) is 13.6 Å². The SMILES string of the molecule is Cn1nccc1-c1cncc(CNC(=O)c2nc3ccccc3s2)c1. The number of thiazole rings is 1. The van der Waals surface area contributed by atoms with Gasteiger partial charge in [-0.15, -0.1) is 11.3 Å². The molecule has 1 aromatic carbocycles. The number of aromatic nitrogens is 4. The molecule has 0 saturated heterocycles. The number of fused-ring (bicyclic) bond motifs is 1. The van der Waals surface area contributed by atoms with Crippen LogP contribution in [0.1, 0.15) is 15.4 Å². The Kier molecular flexibility index (Phi) is 3.99. The summed E-state index contributed by atoms with van der Waals surface area (Å²) in [6, 6.07) is 11.7. The number of amides is 1. The molecule has 1 N–H and O–H groups in total. The Labute approximate surface area is 148 Å². The fourth-order valence-electron chi connectivity index (χ4n) is 2.61. The molecule has 7 heteroatoms. The van der Waals surface area contributed by atoms with Gasteiger partial charge in [0.2, 0.25) is 0 Å². The van der Waals surface area contributed by atoms with Crippen molar-refractivity contribution in [1.29, 1.82) is 0 Å². The molecule has 0 aliphatic rings. The van der Waals surface area contributed by atoms with E-state index in [1.54, 1.807) is 23.3 Å². The molecule has 4 aromatic rings. The maximum absolute atomic E-state index is 12.4. The molecular weight excluding hydrogens is 334 g/mol. The largest absolute Gasteiger partial charge is 0.346 e. The number of para-hydroxylation sites is 1. The Balaban J connectivity index is 1.49. The molecule has 0 atom stereocenters. The van der Waals surface area contributed by atoms with Gasteiger partial charge in [-0.2, -0.15) is 5.10 Å². The molecular formula is C18H15N5OS. The summed E-state index contributed by atoms with van der Waals surface area (Å²) in [5, 5.41) is 7.55. The molecule has 0 spiro atoms. The molecule has 0 unspecified atom stereocenters. The van der Waals surface area contributed by atoms with Crippen molar-refractivity contribution in [3.05, 3.63) is 65.6 Å². The minimum Gasteiger partial charge on any atom is -0.346 e. The summed E-state index contributed by atoms with van der Waals surface area (Å²) in [5.74, 6) is -0.174. The second-order valence-electron chi connectivity index (χ2n) is 5.59. The molecule has 0 aliphatic carbocycles. The first-order valence-electron chi connectivity index (χ1n) is 7.77. The maximum Gasteiger partial charge on any atom is 0.280 e. The number of nitrogens with zero attached hydrogens (tertiary/aromatic N) is 4. The Hall–Kier alpha value is -3.06. The van der Waals surface area contributed by atoms with Gasteiger partial charge in [0.05, 0.1) is 15.9 Å². The third kappa shape index (κ3) is 3.14. The molecule has 25 heavy (non-hydrogen) atoms. The van der Waals surface area contributed by atoms with E-state index in [-0.39, 0.29) is 5.91 Å². The predicted molar refractivity (Wildman–Crippen MR) is 97.2 cm³/mol. The zero-order valence-electron chi connectivity index (χ0n) is 13.5. The molecule has 0 fully saturated rings. The predicted octanol–water partition coefficient (Wildman–Crippen LogP) is 3.02. The Bertz CT molecular complexity index is 1020. The van der Waals surface area contributed by atoms with Gasteiger partial charge in [0, 0.05) is 37.7 Å². The lowest BCUT2D eigenvalue weighted by atomic mass is 10.1. The molecule has 0 bridgehead atoms. The normalized spacial score (nSPS) is 10.9. The lowest BCUT2D eigenvalue weighted by Crippen LogP contribution is -2.22. The fraction of sp³-hybridized carbons (Fsp3) is 0.111. The third-order valence-electron chi connectivity index (χ3n) is 3.85. The summed E-state index contributed by atoms with van der Waals surface area (Å²) in [7, 11) is 1.89. The van der Waals surface area contributed by atoms with Crippen LogP contribution < -0.4 is 5.32 Å². The van der Waals surface area contributed by atoms with Crippen molar-refractivity contribution in [3.8, 4) is 11.3 Å². The lowest BCUT2D eigenvalue weighted by Gasteiger charge is -2.06. The first-order valence-corrected chi connectivity index (χ1v) is 8.58. The number of carbonyl (C=O) groups is 1. The van der Waals surface area contributed by atoms with Crippen molar-refractivity contribution >= 4 is 27.5 Å². The smallest absolute Gasteiger partial charge is 0.280 e. The molecule has 0 radical (unpaired) electrons. The van der Waals surface area contributed by atoms with Crippen molar-refractivity contribution in [2.75, 3.05) is 0 Å². The van der Waals surface area contributed by atoms with E-state index >= 15 is 0 Å². The van der Waals surface area contributed by atoms with E-state index in [1.807, 2.05) is 43.4 Å². The zero-order chi connectivity index (χ0) is 17.2. The van der Waals surface area contributed by atoms with Gasteiger partial charge in [0.15, 0.2) is 5.01 Å². The van der Waals surface area contributed by atoms with Crippen LogP contribution >= 0.6 is 11.3 Å². The van der Waals surface area contributed by atoms with Crippen molar-refractivity contribution in [2.24, 2.45) is 7.05 Å². The van der Waals surface area contributed by atoms with Gasteiger partial charge in [-0.25, -0.2) is 4.98 Å². The van der Waals surface area contributed by atoms with E-state index in [9.17, 15) is 4.79 Å². The van der Waals surface area contributed by atoms with Crippen LogP contribution in [0.15, 0.2) is 55.0 Å². The number of hydrogen-bond donors (Lipinski definition) is 1. The quantitative estimate of drug-likeness (QED) is 0.615. The van der Waals surface area contributed by atoms with Crippen LogP contribution in [0.2, 0.25) is 0 Å². The van der Waals surface area contributed by atoms with Crippen molar-refractivity contribution in [2.45, 2.75) is 6.54 Å². The molecule has 6 nitrogen and oxygen atoms in total. The number of aryl methyl sites for hydroxylation is 1. The number of rotatable bonds is 4. The summed E-state index contributed by atoms with van der Waals surface area (Å²) in [6.45, 7) is 0.396. The van der Waals surface area contributed by atoms with E-state index < -0.39 is 0 Å². The molecule has 3 heterocycles. The Morgan fingerprint density at radius 2 is 2.12 bits per heavy atom. The molecule has 0 aliphatic heterocycles. The van der Waals surface area contributed by atoms with Gasteiger partial charge < -0.3 is 5.32 Å². The Morgan fingerprint density at radius 3 is 2.92 bits per heavy atom. The van der Waals surface area contributed by atoms with E-state index in [1.165, 1.54) is 11.3 Å². The Morgan fingerprint density at radius 1 is 1.24 bits per heavy atom. The van der Waals surface area contributed by atoms with Gasteiger partial charge in [0.25, 0.3) is 5.91 Å². The topological polar surface area (TPSA) is 72.7 Å². The summed E-state index contributed by atoms with van der Waals surface area (Å²) in [5.41, 5.74) is 3.71. The van der Waals surface area contributed by atoms with Gasteiger partial charge in [-0.1, -0.05) is 12.1 Å². The van der Waals surface area contributed by atoms with Crippen LogP contribution in [0.25, 0.3) is 21.5 Å². The minimum atomic E-state index is -0.174. The summed E-state index contributed by atoms with van der Waals surface area (Å²) in [4.78, 5) is 21.0. The van der Waals surface area contributed by atoms with Crippen LogP contribution in [0.3, 0.4) is 0 Å². The van der Waals surface area contributed by atoms with Crippen molar-refractivity contribution < 1.29 is 4.79 Å². The first kappa shape index (κ1) is 15.5. The molecule has 1 amide bonds. The van der Waals surface area contributed by atoms with E-state index in [4.69, 9.17) is 0 Å². The van der Waals surface area contributed by atoms with Gasteiger partial charge >= 0.3 is 0 Å². The van der Waals surface area contributed by atoms with E-state index in [0.717, 1.165) is 27.0 Å². The maximum atomic E-state index is 12.4. The van der Waals surface area contributed by atoms with E-state index in [2.05, 4.69) is 20.4 Å². The number of benzene rings is 1. The standard InChI is InChI=1S/C18H15N5OS/c1-23-15(6-7-21-23)13-8-12(9-19-11-13)10-20-17(24)18-22-14-4-2-3-5-16(14)25-18/h2-9,11H,10H2,1H3,(H,20,24). The molecule has 124 valence electrons. The highest BCUT2D eigenvalue weighted by Crippen LogP contribution is 2.22. The first-order chi connectivity index (χ1) is 12.2. The number of nitrogens with one attached hydrogen (secondary N) is 1. The van der Waals surface area contributed by atoms with Gasteiger partial charge in [0.1, 0.15) is 0 Å². The van der Waals surface area contributed by atoms with Crippen LogP contribution in [-0.4, -0.2) is 25.7 Å². The highest BCUT2D eigenvalue weighted by atomic mass is 32.1. The van der Waals surface area contributed by atoms with Crippen molar-refractivity contribution in [3.63, 3.8) is 0 Å². The van der Waals surface area contributed by atoms with Crippen LogP contribution in [0, 0.1) is 0 Å². The number of hydrogen-bond acceptors (Lipinski definition) is 5. The van der Waals surface area contributed by atoms with Crippen LogP contribution in [0.5, 0.6) is 0 Å². The fourth-order valence-corrected chi connectivity index (χ4v) is 3.49. The highest BCUT2D eigenvalue weighted by Gasteiger charge is 2.12. The highest BCUT2D eigenvalue weighted by molar-refractivity contribution is 7.20. The number of carbonyl (C=O) groups excluding carboxylic acids is 1. The number of pyridine rings is 1. The second-order valence-corrected chi connectivity index (χ2v) is 6.62. The lowest BCUT2D eigenvalue weighted by molar-refractivity contribution is 0.0950. The third-order valence-corrected chi connectivity index (χ3v) is 4.89. The summed E-state index contributed by atoms with van der Waals surface area (Å²) in [6.07, 6.45) is 5.28. The van der Waals surface area contributed by atoms with Gasteiger partial charge in [-0.3, -0.25) is 14.5 Å². The van der Waals surface area contributed by atoms with E-state index in [0.29, 0.717) is 11.6 Å². The molecule has 3 aromatic heterocycles. The van der Waals surface area contributed by atoms with Gasteiger partial charge in [-0.05, 0) is 29.8 Å². The minimum absolute atomic E-state index is 0.174. The van der Waals surface area contributed by atoms with Crippen molar-refractivity contribution in [1.82, 2.24) is 25.1 Å². The zero-order valence-corrected chi connectivity index (χ0v) is 14.3. The average Bonchev–Trinajstić information content (AvgIpc) is 3.26. The molecule has 0 saturated carbocycles. The van der Waals surface area contributed by atoms with Crippen LogP contribution in [0.4, 0.5) is 0 Å². The summed E-state index contributed by atoms with van der Waals surface area (Å²) >= 11 is 1.39. The monoisotopic (exact) mass is 349 g/mol.